The highest BCUT2D eigenvalue weighted by Gasteiger charge is 2.49. The molecule has 8 heteroatoms. The van der Waals surface area contributed by atoms with E-state index in [0.717, 1.165) is 12.1 Å². The van der Waals surface area contributed by atoms with Gasteiger partial charge in [0.1, 0.15) is 11.6 Å². The van der Waals surface area contributed by atoms with Crippen molar-refractivity contribution < 1.29 is 30.2 Å². The van der Waals surface area contributed by atoms with Gasteiger partial charge in [0.25, 0.3) is 0 Å². The summed E-state index contributed by atoms with van der Waals surface area (Å²) in [5, 5.41) is 0. The van der Waals surface area contributed by atoms with E-state index < -0.39 is 32.6 Å². The molecule has 20 heavy (non-hydrogen) atoms. The van der Waals surface area contributed by atoms with Gasteiger partial charge in [-0.2, -0.15) is 21.6 Å². The maximum absolute atomic E-state index is 13.5. The minimum Gasteiger partial charge on any atom is -0.376 e. The van der Waals surface area contributed by atoms with Crippen LogP contribution in [-0.2, 0) is 15.5 Å². The zero-order valence-electron chi connectivity index (χ0n) is 11.3. The van der Waals surface area contributed by atoms with Crippen LogP contribution >= 0.6 is 0 Å². The second kappa shape index (κ2) is 4.91. The molecule has 0 aliphatic carbocycles. The van der Waals surface area contributed by atoms with Crippen LogP contribution in [0.3, 0.4) is 0 Å². The number of halogens is 4. The molecule has 0 fully saturated rings. The lowest BCUT2D eigenvalue weighted by molar-refractivity contribution is -0.0500. The third-order valence-corrected chi connectivity index (χ3v) is 3.52. The Labute approximate surface area is 114 Å². The molecule has 0 radical (unpaired) electrons. The second-order valence-electron chi connectivity index (χ2n) is 5.33. The van der Waals surface area contributed by atoms with Crippen LogP contribution in [0.1, 0.15) is 31.9 Å². The SMILES string of the molecule is Cc1cc(OS(=O)(=O)C(F)(F)F)c(C(C)(C)C)cc1F. The fourth-order valence-electron chi connectivity index (χ4n) is 1.48. The van der Waals surface area contributed by atoms with Crippen molar-refractivity contribution in [2.75, 3.05) is 0 Å². The molecule has 114 valence electrons. The van der Waals surface area contributed by atoms with Crippen LogP contribution in [0.25, 0.3) is 0 Å². The van der Waals surface area contributed by atoms with Gasteiger partial charge in [0.2, 0.25) is 0 Å². The van der Waals surface area contributed by atoms with Crippen molar-refractivity contribution in [1.82, 2.24) is 0 Å². The number of aryl methyl sites for hydroxylation is 1. The first kappa shape index (κ1) is 16.7. The molecule has 0 saturated heterocycles. The summed E-state index contributed by atoms with van der Waals surface area (Å²) in [6.07, 6.45) is 0. The average Bonchev–Trinajstić information content (AvgIpc) is 2.19. The molecule has 0 aliphatic rings. The molecule has 0 N–H and O–H groups in total. The molecular formula is C12H14F4O3S. The number of hydrogen-bond donors (Lipinski definition) is 0. The summed E-state index contributed by atoms with van der Waals surface area (Å²) in [6.45, 7) is 6.10. The highest BCUT2D eigenvalue weighted by atomic mass is 32.2. The predicted molar refractivity (Wildman–Crippen MR) is 65.4 cm³/mol. The summed E-state index contributed by atoms with van der Waals surface area (Å²) in [4.78, 5) is 0. The van der Waals surface area contributed by atoms with Crippen molar-refractivity contribution in [3.63, 3.8) is 0 Å². The van der Waals surface area contributed by atoms with Crippen LogP contribution in [0, 0.1) is 12.7 Å². The van der Waals surface area contributed by atoms with Gasteiger partial charge in [-0.05, 0) is 30.0 Å². The molecule has 3 nitrogen and oxygen atoms in total. The van der Waals surface area contributed by atoms with Crippen molar-refractivity contribution in [2.45, 2.75) is 38.6 Å². The molecule has 0 aromatic heterocycles. The van der Waals surface area contributed by atoms with Crippen molar-refractivity contribution >= 4 is 10.1 Å². The van der Waals surface area contributed by atoms with E-state index in [1.165, 1.54) is 6.92 Å². The highest BCUT2D eigenvalue weighted by Crippen LogP contribution is 2.36. The first-order valence-corrected chi connectivity index (χ1v) is 6.98. The predicted octanol–water partition coefficient (Wildman–Crippen LogP) is 3.66. The van der Waals surface area contributed by atoms with E-state index in [4.69, 9.17) is 0 Å². The number of hydrogen-bond acceptors (Lipinski definition) is 3. The molecule has 0 unspecified atom stereocenters. The average molecular weight is 314 g/mol. The van der Waals surface area contributed by atoms with E-state index >= 15 is 0 Å². The van der Waals surface area contributed by atoms with E-state index in [9.17, 15) is 26.0 Å². The topological polar surface area (TPSA) is 43.4 Å². The fraction of sp³-hybridized carbons (Fsp3) is 0.500. The molecular weight excluding hydrogens is 300 g/mol. The third-order valence-electron chi connectivity index (χ3n) is 2.55. The van der Waals surface area contributed by atoms with Crippen molar-refractivity contribution in [3.05, 3.63) is 29.1 Å². The molecule has 0 aliphatic heterocycles. The van der Waals surface area contributed by atoms with Gasteiger partial charge in [0.05, 0.1) is 0 Å². The Morgan fingerprint density at radius 2 is 1.60 bits per heavy atom. The first-order chi connectivity index (χ1) is 8.75. The van der Waals surface area contributed by atoms with E-state index in [1.54, 1.807) is 20.8 Å². The standard InChI is InChI=1S/C12H14F4O3S/c1-7-5-10(19-20(17,18)12(14,15)16)8(6-9(7)13)11(2,3)4/h5-6H,1-4H3. The summed E-state index contributed by atoms with van der Waals surface area (Å²) in [5.74, 6) is -1.17. The Morgan fingerprint density at radius 3 is 2.00 bits per heavy atom. The normalized spacial score (nSPS) is 13.4. The minimum absolute atomic E-state index is 0.00891. The van der Waals surface area contributed by atoms with Crippen LogP contribution in [0.5, 0.6) is 5.75 Å². The van der Waals surface area contributed by atoms with E-state index in [0.29, 0.717) is 0 Å². The largest absolute Gasteiger partial charge is 0.534 e. The lowest BCUT2D eigenvalue weighted by Gasteiger charge is -2.23. The molecule has 0 spiro atoms. The van der Waals surface area contributed by atoms with Gasteiger partial charge < -0.3 is 4.18 Å². The number of benzene rings is 1. The van der Waals surface area contributed by atoms with Gasteiger partial charge in [-0.1, -0.05) is 20.8 Å². The lowest BCUT2D eigenvalue weighted by atomic mass is 9.86. The molecule has 1 aromatic carbocycles. The minimum atomic E-state index is -5.79. The molecule has 1 aromatic rings. The van der Waals surface area contributed by atoms with Crippen LogP contribution in [0.4, 0.5) is 17.6 Å². The molecule has 0 atom stereocenters. The zero-order chi connectivity index (χ0) is 15.9. The van der Waals surface area contributed by atoms with Crippen LogP contribution in [-0.4, -0.2) is 13.9 Å². The summed E-state index contributed by atoms with van der Waals surface area (Å²) in [7, 11) is -5.79. The van der Waals surface area contributed by atoms with Gasteiger partial charge in [-0.25, -0.2) is 4.39 Å². The van der Waals surface area contributed by atoms with Gasteiger partial charge in [-0.15, -0.1) is 0 Å². The Kier molecular flexibility index (Phi) is 4.11. The Balaban J connectivity index is 3.43. The smallest absolute Gasteiger partial charge is 0.376 e. The maximum atomic E-state index is 13.5. The van der Waals surface area contributed by atoms with Gasteiger partial charge in [0, 0.05) is 5.56 Å². The quantitative estimate of drug-likeness (QED) is 0.475. The Hall–Kier alpha value is -1.31. The molecule has 0 saturated carbocycles. The molecule has 0 heterocycles. The molecule has 1 rings (SSSR count). The zero-order valence-corrected chi connectivity index (χ0v) is 12.1. The summed E-state index contributed by atoms with van der Waals surface area (Å²) in [5.41, 5.74) is -6.30. The van der Waals surface area contributed by atoms with Gasteiger partial charge in [0.15, 0.2) is 0 Å². The Bertz CT molecular complexity index is 613. The summed E-state index contributed by atoms with van der Waals surface area (Å²) < 4.78 is 76.8. The van der Waals surface area contributed by atoms with Gasteiger partial charge in [-0.3, -0.25) is 0 Å². The molecule has 0 amide bonds. The Morgan fingerprint density at radius 1 is 1.10 bits per heavy atom. The van der Waals surface area contributed by atoms with Crippen molar-refractivity contribution in [2.24, 2.45) is 0 Å². The fourth-order valence-corrected chi connectivity index (χ4v) is 1.94. The van der Waals surface area contributed by atoms with Crippen LogP contribution < -0.4 is 4.18 Å². The summed E-state index contributed by atoms with van der Waals surface area (Å²) >= 11 is 0. The lowest BCUT2D eigenvalue weighted by Crippen LogP contribution is -2.29. The number of rotatable bonds is 2. The van der Waals surface area contributed by atoms with E-state index in [2.05, 4.69) is 4.18 Å². The number of alkyl halides is 3. The first-order valence-electron chi connectivity index (χ1n) is 5.57. The third kappa shape index (κ3) is 3.41. The van der Waals surface area contributed by atoms with E-state index in [-0.39, 0.29) is 11.1 Å². The maximum Gasteiger partial charge on any atom is 0.534 e. The van der Waals surface area contributed by atoms with E-state index in [1.807, 2.05) is 0 Å². The monoisotopic (exact) mass is 314 g/mol. The second-order valence-corrected chi connectivity index (χ2v) is 6.87. The highest BCUT2D eigenvalue weighted by molar-refractivity contribution is 7.88. The van der Waals surface area contributed by atoms with Crippen LogP contribution in [0.15, 0.2) is 12.1 Å². The summed E-state index contributed by atoms with van der Waals surface area (Å²) in [6, 6.07) is 1.93. The van der Waals surface area contributed by atoms with Gasteiger partial charge >= 0.3 is 15.6 Å². The van der Waals surface area contributed by atoms with Crippen molar-refractivity contribution in [1.29, 1.82) is 0 Å². The van der Waals surface area contributed by atoms with Crippen LogP contribution in [0.2, 0.25) is 0 Å². The molecule has 0 bridgehead atoms. The van der Waals surface area contributed by atoms with Crippen molar-refractivity contribution in [3.8, 4) is 5.75 Å².